The van der Waals surface area contributed by atoms with E-state index in [1.807, 2.05) is 0 Å². The van der Waals surface area contributed by atoms with Crippen LogP contribution in [0.1, 0.15) is 20.8 Å². The third-order valence-corrected chi connectivity index (χ3v) is 5.28. The summed E-state index contributed by atoms with van der Waals surface area (Å²) in [6, 6.07) is 0. The smallest absolute Gasteiger partial charge is 0.0588 e. The van der Waals surface area contributed by atoms with E-state index in [2.05, 4.69) is 33.9 Å². The van der Waals surface area contributed by atoms with Gasteiger partial charge in [-0.15, -0.1) is 0 Å². The number of hydrogen-bond donors (Lipinski definition) is 1. The van der Waals surface area contributed by atoms with Crippen molar-refractivity contribution in [2.24, 2.45) is 11.1 Å². The molecule has 80 valence electrons. The molecular formula is C10H25NOSi. The average Bonchev–Trinajstić information content (AvgIpc) is 1.94. The quantitative estimate of drug-likeness (QED) is 0.547. The van der Waals surface area contributed by atoms with E-state index in [1.165, 1.54) is 0 Å². The van der Waals surface area contributed by atoms with Crippen LogP contribution < -0.4 is 5.73 Å². The van der Waals surface area contributed by atoms with Crippen LogP contribution in [0.4, 0.5) is 0 Å². The molecular weight excluding hydrogens is 178 g/mol. The normalized spacial score (nSPS) is 15.0. The summed E-state index contributed by atoms with van der Waals surface area (Å²) in [5.74, 6) is 0. The van der Waals surface area contributed by atoms with Crippen LogP contribution in [0.2, 0.25) is 18.6 Å². The molecule has 13 heavy (non-hydrogen) atoms. The van der Waals surface area contributed by atoms with Crippen molar-refractivity contribution < 1.29 is 4.74 Å². The number of rotatable bonds is 5. The first-order chi connectivity index (χ1) is 5.89. The van der Waals surface area contributed by atoms with Gasteiger partial charge in [0.25, 0.3) is 0 Å². The Hall–Kier alpha value is 0.137. The van der Waals surface area contributed by atoms with Gasteiger partial charge in [0.2, 0.25) is 0 Å². The van der Waals surface area contributed by atoms with Gasteiger partial charge >= 0.3 is 0 Å². The molecule has 0 aromatic carbocycles. The van der Waals surface area contributed by atoms with Crippen molar-refractivity contribution in [1.82, 2.24) is 0 Å². The molecule has 2 N–H and O–H groups in total. The molecule has 3 heteroatoms. The molecule has 0 aliphatic carbocycles. The zero-order valence-corrected chi connectivity index (χ0v) is 10.9. The summed E-state index contributed by atoms with van der Waals surface area (Å²) < 4.78 is 5.54. The van der Waals surface area contributed by atoms with Gasteiger partial charge in [-0.2, -0.15) is 0 Å². The molecule has 0 fully saturated rings. The molecule has 0 heterocycles. The Bertz CT molecular complexity index is 131. The van der Waals surface area contributed by atoms with E-state index >= 15 is 0 Å². The topological polar surface area (TPSA) is 35.2 Å². The lowest BCUT2D eigenvalue weighted by atomic mass is 9.92. The second-order valence-electron chi connectivity index (χ2n) is 5.08. The fraction of sp³-hybridized carbons (Fsp3) is 1.00. The van der Waals surface area contributed by atoms with Gasteiger partial charge in [-0.05, 0) is 11.0 Å². The minimum Gasteiger partial charge on any atom is -0.380 e. The van der Waals surface area contributed by atoms with Crippen LogP contribution in [-0.2, 0) is 4.74 Å². The number of ether oxygens (including phenoxy) is 1. The van der Waals surface area contributed by atoms with Crippen molar-refractivity contribution in [2.45, 2.75) is 39.4 Å². The summed E-state index contributed by atoms with van der Waals surface area (Å²) in [4.78, 5) is 0. The van der Waals surface area contributed by atoms with Gasteiger partial charge in [-0.1, -0.05) is 33.9 Å². The van der Waals surface area contributed by atoms with E-state index in [1.54, 1.807) is 0 Å². The van der Waals surface area contributed by atoms with E-state index < -0.39 is 8.80 Å². The Morgan fingerprint density at radius 2 is 1.85 bits per heavy atom. The standard InChI is InChI=1S/C10H25NOSi/c1-10(2,3)9(13(4)5)8-12-7-6-11/h9,13H,6-8,11H2,1-5H3. The largest absolute Gasteiger partial charge is 0.380 e. The van der Waals surface area contributed by atoms with Crippen LogP contribution in [0, 0.1) is 5.41 Å². The van der Waals surface area contributed by atoms with E-state index in [9.17, 15) is 0 Å². The van der Waals surface area contributed by atoms with Gasteiger partial charge in [-0.3, -0.25) is 0 Å². The maximum absolute atomic E-state index is 5.54. The van der Waals surface area contributed by atoms with Gasteiger partial charge in [0, 0.05) is 21.9 Å². The van der Waals surface area contributed by atoms with Crippen molar-refractivity contribution in [1.29, 1.82) is 0 Å². The van der Waals surface area contributed by atoms with Crippen LogP contribution in [-0.4, -0.2) is 28.6 Å². The van der Waals surface area contributed by atoms with Gasteiger partial charge in [-0.25, -0.2) is 0 Å². The minimum atomic E-state index is -0.619. The summed E-state index contributed by atoms with van der Waals surface area (Å²) in [5.41, 5.74) is 6.52. The summed E-state index contributed by atoms with van der Waals surface area (Å²) >= 11 is 0. The molecule has 2 nitrogen and oxygen atoms in total. The second-order valence-corrected chi connectivity index (χ2v) is 8.37. The van der Waals surface area contributed by atoms with Crippen molar-refractivity contribution in [3.63, 3.8) is 0 Å². The summed E-state index contributed by atoms with van der Waals surface area (Å²) in [6.45, 7) is 13.9. The van der Waals surface area contributed by atoms with Gasteiger partial charge < -0.3 is 10.5 Å². The first-order valence-corrected chi connectivity index (χ1v) is 8.15. The van der Waals surface area contributed by atoms with E-state index in [-0.39, 0.29) is 0 Å². The zero-order valence-electron chi connectivity index (χ0n) is 9.76. The molecule has 0 amide bonds. The molecule has 0 aliphatic rings. The highest BCUT2D eigenvalue weighted by Gasteiger charge is 2.27. The van der Waals surface area contributed by atoms with Crippen LogP contribution in [0.15, 0.2) is 0 Å². The first kappa shape index (κ1) is 13.1. The van der Waals surface area contributed by atoms with Crippen LogP contribution in [0.3, 0.4) is 0 Å². The number of nitrogens with two attached hydrogens (primary N) is 1. The number of hydrogen-bond acceptors (Lipinski definition) is 2. The Labute approximate surface area is 84.5 Å². The summed E-state index contributed by atoms with van der Waals surface area (Å²) in [5, 5.41) is 0. The predicted molar refractivity (Wildman–Crippen MR) is 62.0 cm³/mol. The molecule has 0 aliphatic heterocycles. The lowest BCUT2D eigenvalue weighted by Crippen LogP contribution is -2.30. The average molecular weight is 203 g/mol. The third-order valence-electron chi connectivity index (χ3n) is 2.48. The molecule has 0 radical (unpaired) electrons. The second kappa shape index (κ2) is 5.78. The molecule has 0 aromatic heterocycles. The summed E-state index contributed by atoms with van der Waals surface area (Å²) in [7, 11) is -0.619. The first-order valence-electron chi connectivity index (χ1n) is 5.17. The monoisotopic (exact) mass is 203 g/mol. The van der Waals surface area contributed by atoms with Crippen molar-refractivity contribution >= 4 is 8.80 Å². The fourth-order valence-electron chi connectivity index (χ4n) is 1.74. The Morgan fingerprint density at radius 1 is 1.31 bits per heavy atom. The van der Waals surface area contributed by atoms with Crippen molar-refractivity contribution in [3.8, 4) is 0 Å². The molecule has 0 rings (SSSR count). The van der Waals surface area contributed by atoms with Crippen molar-refractivity contribution in [3.05, 3.63) is 0 Å². The van der Waals surface area contributed by atoms with Crippen LogP contribution in [0.5, 0.6) is 0 Å². The maximum atomic E-state index is 5.54. The zero-order chi connectivity index (χ0) is 10.5. The SMILES string of the molecule is C[SiH](C)C(COCCN)C(C)(C)C. The highest BCUT2D eigenvalue weighted by Crippen LogP contribution is 2.33. The van der Waals surface area contributed by atoms with Gasteiger partial charge in [0.1, 0.15) is 0 Å². The van der Waals surface area contributed by atoms with Gasteiger partial charge in [0.15, 0.2) is 0 Å². The van der Waals surface area contributed by atoms with Crippen molar-refractivity contribution in [2.75, 3.05) is 19.8 Å². The van der Waals surface area contributed by atoms with Gasteiger partial charge in [0.05, 0.1) is 6.61 Å². The molecule has 0 saturated carbocycles. The molecule has 0 spiro atoms. The molecule has 1 unspecified atom stereocenters. The molecule has 1 atom stereocenters. The van der Waals surface area contributed by atoms with E-state index in [0.717, 1.165) is 12.1 Å². The molecule has 0 saturated heterocycles. The lowest BCUT2D eigenvalue weighted by Gasteiger charge is -2.33. The Morgan fingerprint density at radius 3 is 2.15 bits per heavy atom. The lowest BCUT2D eigenvalue weighted by molar-refractivity contribution is 0.113. The third kappa shape index (κ3) is 5.44. The predicted octanol–water partition coefficient (Wildman–Crippen LogP) is 1.86. The fourth-order valence-corrected chi connectivity index (χ4v) is 4.26. The van der Waals surface area contributed by atoms with Crippen LogP contribution in [0.25, 0.3) is 0 Å². The van der Waals surface area contributed by atoms with E-state index in [0.29, 0.717) is 18.6 Å². The highest BCUT2D eigenvalue weighted by atomic mass is 28.3. The Kier molecular flexibility index (Phi) is 5.84. The Balaban J connectivity index is 3.97. The minimum absolute atomic E-state index is 0.384. The highest BCUT2D eigenvalue weighted by molar-refractivity contribution is 6.57. The summed E-state index contributed by atoms with van der Waals surface area (Å²) in [6.07, 6.45) is 0. The van der Waals surface area contributed by atoms with Crippen LogP contribution >= 0.6 is 0 Å². The maximum Gasteiger partial charge on any atom is 0.0588 e. The molecule has 0 aromatic rings. The van der Waals surface area contributed by atoms with E-state index in [4.69, 9.17) is 10.5 Å². The molecule has 0 bridgehead atoms.